The molecule has 0 fully saturated rings. The normalized spacial score (nSPS) is 10.7. The summed E-state index contributed by atoms with van der Waals surface area (Å²) in [5, 5.41) is 3.77. The van der Waals surface area contributed by atoms with Crippen LogP contribution in [0.2, 0.25) is 0 Å². The first-order chi connectivity index (χ1) is 14.6. The van der Waals surface area contributed by atoms with Crippen molar-refractivity contribution in [2.75, 3.05) is 13.7 Å². The van der Waals surface area contributed by atoms with E-state index in [1.54, 1.807) is 19.2 Å². The summed E-state index contributed by atoms with van der Waals surface area (Å²) in [6.07, 6.45) is 0.623. The molecular weight excluding hydrogens is 379 g/mol. The SMILES string of the molecule is COc1cccc(-c2cc(C(=O)NCCc3ccc(F)cc3)c3ccccc3n2)c1. The molecule has 4 aromatic rings. The molecule has 0 radical (unpaired) electrons. The van der Waals surface area contributed by atoms with Gasteiger partial charge in [0.25, 0.3) is 5.91 Å². The van der Waals surface area contributed by atoms with Gasteiger partial charge in [0.15, 0.2) is 0 Å². The molecule has 0 aliphatic rings. The van der Waals surface area contributed by atoms with Crippen LogP contribution in [0, 0.1) is 5.82 Å². The molecule has 0 unspecified atom stereocenters. The fraction of sp³-hybridized carbons (Fsp3) is 0.120. The van der Waals surface area contributed by atoms with E-state index >= 15 is 0 Å². The highest BCUT2D eigenvalue weighted by atomic mass is 19.1. The summed E-state index contributed by atoms with van der Waals surface area (Å²) >= 11 is 0. The van der Waals surface area contributed by atoms with Crippen molar-refractivity contribution in [3.05, 3.63) is 95.8 Å². The number of rotatable bonds is 6. The summed E-state index contributed by atoms with van der Waals surface area (Å²) in [7, 11) is 1.62. The molecule has 0 aliphatic heterocycles. The second kappa shape index (κ2) is 8.74. The minimum absolute atomic E-state index is 0.167. The van der Waals surface area contributed by atoms with Crippen LogP contribution in [0.25, 0.3) is 22.2 Å². The zero-order valence-corrected chi connectivity index (χ0v) is 16.6. The molecule has 5 heteroatoms. The highest BCUT2D eigenvalue weighted by Gasteiger charge is 2.14. The van der Waals surface area contributed by atoms with Crippen molar-refractivity contribution in [1.29, 1.82) is 0 Å². The number of carbonyl (C=O) groups is 1. The lowest BCUT2D eigenvalue weighted by Crippen LogP contribution is -2.26. The van der Waals surface area contributed by atoms with Crippen LogP contribution in [0.3, 0.4) is 0 Å². The number of fused-ring (bicyclic) bond motifs is 1. The van der Waals surface area contributed by atoms with Crippen molar-refractivity contribution < 1.29 is 13.9 Å². The maximum Gasteiger partial charge on any atom is 0.252 e. The van der Waals surface area contributed by atoms with Gasteiger partial charge in [-0.1, -0.05) is 42.5 Å². The lowest BCUT2D eigenvalue weighted by molar-refractivity contribution is 0.0955. The number of ether oxygens (including phenoxy) is 1. The average molecular weight is 400 g/mol. The van der Waals surface area contributed by atoms with Gasteiger partial charge in [-0.2, -0.15) is 0 Å². The Kier molecular flexibility index (Phi) is 5.70. The number of nitrogens with one attached hydrogen (secondary N) is 1. The van der Waals surface area contributed by atoms with Crippen LogP contribution in [0.1, 0.15) is 15.9 Å². The van der Waals surface area contributed by atoms with Gasteiger partial charge >= 0.3 is 0 Å². The molecule has 3 aromatic carbocycles. The second-order valence-corrected chi connectivity index (χ2v) is 6.94. The van der Waals surface area contributed by atoms with Crippen molar-refractivity contribution in [1.82, 2.24) is 10.3 Å². The highest BCUT2D eigenvalue weighted by Crippen LogP contribution is 2.27. The summed E-state index contributed by atoms with van der Waals surface area (Å²) in [6, 6.07) is 23.3. The molecular formula is C25H21FN2O2. The van der Waals surface area contributed by atoms with Crippen LogP contribution < -0.4 is 10.1 Å². The van der Waals surface area contributed by atoms with Crippen molar-refractivity contribution in [3.8, 4) is 17.0 Å². The minimum Gasteiger partial charge on any atom is -0.497 e. The summed E-state index contributed by atoms with van der Waals surface area (Å²) in [6.45, 7) is 0.454. The molecule has 30 heavy (non-hydrogen) atoms. The third-order valence-corrected chi connectivity index (χ3v) is 4.94. The maximum atomic E-state index is 13.0. The van der Waals surface area contributed by atoms with Crippen molar-refractivity contribution in [3.63, 3.8) is 0 Å². The van der Waals surface area contributed by atoms with E-state index in [4.69, 9.17) is 9.72 Å². The van der Waals surface area contributed by atoms with Crippen molar-refractivity contribution in [2.45, 2.75) is 6.42 Å². The largest absolute Gasteiger partial charge is 0.497 e. The quantitative estimate of drug-likeness (QED) is 0.494. The monoisotopic (exact) mass is 400 g/mol. The number of pyridine rings is 1. The fourth-order valence-corrected chi connectivity index (χ4v) is 3.36. The number of para-hydroxylation sites is 1. The molecule has 0 bridgehead atoms. The minimum atomic E-state index is -0.267. The molecule has 4 rings (SSSR count). The smallest absolute Gasteiger partial charge is 0.252 e. The lowest BCUT2D eigenvalue weighted by Gasteiger charge is -2.11. The molecule has 0 saturated heterocycles. The molecule has 150 valence electrons. The zero-order valence-electron chi connectivity index (χ0n) is 16.6. The number of amides is 1. The van der Waals surface area contributed by atoms with Crippen molar-refractivity contribution >= 4 is 16.8 Å². The van der Waals surface area contributed by atoms with Crippen LogP contribution in [-0.2, 0) is 6.42 Å². The van der Waals surface area contributed by atoms with E-state index in [1.807, 2.05) is 54.6 Å². The molecule has 1 heterocycles. The van der Waals surface area contributed by atoms with Gasteiger partial charge in [0.2, 0.25) is 0 Å². The molecule has 4 nitrogen and oxygen atoms in total. The van der Waals surface area contributed by atoms with E-state index in [1.165, 1.54) is 12.1 Å². The third kappa shape index (κ3) is 4.30. The standard InChI is InChI=1S/C25H21FN2O2/c1-30-20-6-4-5-18(15-20)24-16-22(21-7-2-3-8-23(21)28-24)25(29)27-14-13-17-9-11-19(26)12-10-17/h2-12,15-16H,13-14H2,1H3,(H,27,29). The number of hydrogen-bond donors (Lipinski definition) is 1. The number of nitrogens with zero attached hydrogens (tertiary/aromatic N) is 1. The van der Waals surface area contributed by atoms with E-state index in [9.17, 15) is 9.18 Å². The van der Waals surface area contributed by atoms with Crippen LogP contribution in [0.5, 0.6) is 5.75 Å². The van der Waals surface area contributed by atoms with E-state index in [-0.39, 0.29) is 11.7 Å². The Morgan fingerprint density at radius 1 is 1.00 bits per heavy atom. The second-order valence-electron chi connectivity index (χ2n) is 6.94. The summed E-state index contributed by atoms with van der Waals surface area (Å²) in [5.41, 5.74) is 3.86. The molecule has 1 aromatic heterocycles. The Morgan fingerprint density at radius 3 is 2.60 bits per heavy atom. The van der Waals surface area contributed by atoms with E-state index < -0.39 is 0 Å². The number of halogens is 1. The number of benzene rings is 3. The van der Waals surface area contributed by atoms with Gasteiger partial charge in [-0.25, -0.2) is 9.37 Å². The Labute approximate surface area is 174 Å². The van der Waals surface area contributed by atoms with Gasteiger partial charge in [-0.3, -0.25) is 4.79 Å². The molecule has 1 amide bonds. The first kappa shape index (κ1) is 19.6. The molecule has 0 spiro atoms. The van der Waals surface area contributed by atoms with E-state index in [0.29, 0.717) is 24.2 Å². The average Bonchev–Trinajstić information content (AvgIpc) is 2.79. The van der Waals surface area contributed by atoms with Gasteiger partial charge < -0.3 is 10.1 Å². The van der Waals surface area contributed by atoms with Gasteiger partial charge in [0.1, 0.15) is 11.6 Å². The van der Waals surface area contributed by atoms with Gasteiger partial charge in [0, 0.05) is 17.5 Å². The molecule has 1 N–H and O–H groups in total. The number of aromatic nitrogens is 1. The van der Waals surface area contributed by atoms with Crippen molar-refractivity contribution in [2.24, 2.45) is 0 Å². The summed E-state index contributed by atoms with van der Waals surface area (Å²) in [5.74, 6) is 0.295. The Balaban J connectivity index is 1.61. The van der Waals surface area contributed by atoms with Crippen LogP contribution >= 0.6 is 0 Å². The fourth-order valence-electron chi connectivity index (χ4n) is 3.36. The molecule has 0 atom stereocenters. The van der Waals surface area contributed by atoms with Gasteiger partial charge in [0.05, 0.1) is 23.9 Å². The number of hydrogen-bond acceptors (Lipinski definition) is 3. The first-order valence-corrected chi connectivity index (χ1v) is 9.71. The predicted molar refractivity (Wildman–Crippen MR) is 116 cm³/mol. The Hall–Kier alpha value is -3.73. The van der Waals surface area contributed by atoms with E-state index in [2.05, 4.69) is 5.32 Å². The van der Waals surface area contributed by atoms with Gasteiger partial charge in [-0.15, -0.1) is 0 Å². The Bertz CT molecular complexity index is 1190. The third-order valence-electron chi connectivity index (χ3n) is 4.94. The van der Waals surface area contributed by atoms with Crippen LogP contribution in [-0.4, -0.2) is 24.5 Å². The topological polar surface area (TPSA) is 51.2 Å². The van der Waals surface area contributed by atoms with Crippen LogP contribution in [0.15, 0.2) is 78.9 Å². The van der Waals surface area contributed by atoms with E-state index in [0.717, 1.165) is 27.8 Å². The molecule has 0 saturated carbocycles. The van der Waals surface area contributed by atoms with Gasteiger partial charge in [-0.05, 0) is 48.4 Å². The summed E-state index contributed by atoms with van der Waals surface area (Å²) in [4.78, 5) is 17.7. The zero-order chi connectivity index (χ0) is 20.9. The summed E-state index contributed by atoms with van der Waals surface area (Å²) < 4.78 is 18.4. The number of methoxy groups -OCH3 is 1. The van der Waals surface area contributed by atoms with Crippen LogP contribution in [0.4, 0.5) is 4.39 Å². The maximum absolute atomic E-state index is 13.0. The molecule has 0 aliphatic carbocycles. The Morgan fingerprint density at radius 2 is 1.80 bits per heavy atom. The lowest BCUT2D eigenvalue weighted by atomic mass is 10.0. The predicted octanol–water partition coefficient (Wildman–Crippen LogP) is 5.02. The first-order valence-electron chi connectivity index (χ1n) is 9.71. The number of carbonyl (C=O) groups excluding carboxylic acids is 1. The highest BCUT2D eigenvalue weighted by molar-refractivity contribution is 6.07.